The Hall–Kier alpha value is -1.11. The van der Waals surface area contributed by atoms with Gasteiger partial charge < -0.3 is 0 Å². The highest BCUT2D eigenvalue weighted by atomic mass is 32.3. The number of likely N-dealkylation sites (tertiary alicyclic amines) is 1. The third-order valence-electron chi connectivity index (χ3n) is 2.57. The summed E-state index contributed by atoms with van der Waals surface area (Å²) in [5, 5.41) is 8.33. The van der Waals surface area contributed by atoms with E-state index in [-0.39, 0.29) is 0 Å². The Labute approximate surface area is 134 Å². The molecule has 0 radical (unpaired) electrons. The molecular formula is C9H13F6N3O4S2. The van der Waals surface area contributed by atoms with Gasteiger partial charge in [-0.25, -0.2) is 16.8 Å². The number of nitrogens with zero attached hydrogens (tertiary/aromatic N) is 2. The summed E-state index contributed by atoms with van der Waals surface area (Å²) in [5.41, 5.74) is -12.3. The van der Waals surface area contributed by atoms with Crippen LogP contribution in [0.15, 0.2) is 0 Å². The third-order valence-corrected chi connectivity index (χ3v) is 5.55. The quantitative estimate of drug-likeness (QED) is 0.560. The lowest BCUT2D eigenvalue weighted by atomic mass is 10.1. The lowest BCUT2D eigenvalue weighted by molar-refractivity contribution is -0.0476. The van der Waals surface area contributed by atoms with Gasteiger partial charge in [0, 0.05) is 0 Å². The number of hydrogen-bond donors (Lipinski definition) is 1. The van der Waals surface area contributed by atoms with Gasteiger partial charge in [-0.15, -0.1) is 0 Å². The molecule has 0 bridgehead atoms. The molecule has 1 rings (SSSR count). The fraction of sp³-hybridized carbons (Fsp3) is 0.889. The summed E-state index contributed by atoms with van der Waals surface area (Å²) >= 11 is 0. The van der Waals surface area contributed by atoms with E-state index in [1.54, 1.807) is 0 Å². The summed E-state index contributed by atoms with van der Waals surface area (Å²) in [6, 6.07) is 2.16. The van der Waals surface area contributed by atoms with Gasteiger partial charge in [0.2, 0.25) is 0 Å². The van der Waals surface area contributed by atoms with Crippen LogP contribution in [0.25, 0.3) is 0 Å². The fourth-order valence-corrected chi connectivity index (χ4v) is 3.37. The highest BCUT2D eigenvalue weighted by Crippen LogP contribution is 2.27. The molecule has 0 aromatic heterocycles. The average molecular weight is 405 g/mol. The van der Waals surface area contributed by atoms with Crippen LogP contribution in [-0.4, -0.2) is 52.4 Å². The maximum atomic E-state index is 11.5. The van der Waals surface area contributed by atoms with Crippen LogP contribution in [0, 0.1) is 11.3 Å². The summed E-state index contributed by atoms with van der Waals surface area (Å²) in [7, 11) is -13.2. The van der Waals surface area contributed by atoms with Crippen molar-refractivity contribution >= 4 is 20.0 Å². The summed E-state index contributed by atoms with van der Waals surface area (Å²) in [6.07, 6.45) is 3.91. The van der Waals surface area contributed by atoms with Gasteiger partial charge in [-0.05, 0) is 25.9 Å². The predicted octanol–water partition coefficient (Wildman–Crippen LogP) is 1.27. The molecule has 0 amide bonds. The number of nitrogens with one attached hydrogen (secondary N) is 1. The molecule has 0 aromatic rings. The molecule has 1 N–H and O–H groups in total. The SMILES string of the molecule is N#CCN1CCCCC1.O=S(=O)(NS(=O)(=O)C(F)(F)F)C(F)(F)F. The summed E-state index contributed by atoms with van der Waals surface area (Å²) < 4.78 is 108. The lowest BCUT2D eigenvalue weighted by Crippen LogP contribution is -2.45. The van der Waals surface area contributed by atoms with Gasteiger partial charge in [0.05, 0.1) is 12.6 Å². The standard InChI is InChI=1S/C7H12N2.C2HF6NO4S2/c8-4-7-9-5-2-1-3-6-9;3-1(4,5)14(10,11)9-15(12,13)2(6,7)8/h1-3,5-7H2;9H. The van der Waals surface area contributed by atoms with Crippen LogP contribution in [-0.2, 0) is 20.0 Å². The van der Waals surface area contributed by atoms with Crippen LogP contribution in [0.4, 0.5) is 26.3 Å². The van der Waals surface area contributed by atoms with E-state index in [1.165, 1.54) is 19.3 Å². The van der Waals surface area contributed by atoms with Gasteiger partial charge in [0.25, 0.3) is 0 Å². The van der Waals surface area contributed by atoms with Gasteiger partial charge in [-0.3, -0.25) is 4.90 Å². The van der Waals surface area contributed by atoms with Crippen molar-refractivity contribution in [2.45, 2.75) is 30.3 Å². The molecule has 0 saturated carbocycles. The van der Waals surface area contributed by atoms with Crippen molar-refractivity contribution in [1.82, 2.24) is 9.03 Å². The molecule has 0 atom stereocenters. The van der Waals surface area contributed by atoms with E-state index in [0.29, 0.717) is 6.54 Å². The molecule has 1 aliphatic heterocycles. The van der Waals surface area contributed by atoms with Crippen molar-refractivity contribution in [2.24, 2.45) is 0 Å². The van der Waals surface area contributed by atoms with Crippen LogP contribution in [0.1, 0.15) is 19.3 Å². The largest absolute Gasteiger partial charge is 0.512 e. The molecule has 7 nitrogen and oxygen atoms in total. The molecule has 1 aliphatic rings. The molecule has 0 spiro atoms. The first-order valence-electron chi connectivity index (χ1n) is 6.14. The van der Waals surface area contributed by atoms with Crippen LogP contribution < -0.4 is 4.13 Å². The molecule has 1 fully saturated rings. The van der Waals surface area contributed by atoms with E-state index in [2.05, 4.69) is 11.0 Å². The lowest BCUT2D eigenvalue weighted by Gasteiger charge is -2.22. The normalized spacial score (nSPS) is 17.5. The van der Waals surface area contributed by atoms with E-state index >= 15 is 0 Å². The maximum absolute atomic E-state index is 11.5. The van der Waals surface area contributed by atoms with Gasteiger partial charge in [0.1, 0.15) is 0 Å². The zero-order valence-corrected chi connectivity index (χ0v) is 13.5. The number of halogens is 6. The Morgan fingerprint density at radius 3 is 1.54 bits per heavy atom. The average Bonchev–Trinajstić information content (AvgIpc) is 2.37. The molecule has 142 valence electrons. The number of rotatable bonds is 3. The Balaban J connectivity index is 0.000000496. The van der Waals surface area contributed by atoms with E-state index in [9.17, 15) is 43.2 Å². The smallest absolute Gasteiger partial charge is 0.291 e. The monoisotopic (exact) mass is 405 g/mol. The number of piperidine rings is 1. The van der Waals surface area contributed by atoms with Crippen LogP contribution >= 0.6 is 0 Å². The van der Waals surface area contributed by atoms with Crippen LogP contribution in [0.2, 0.25) is 0 Å². The van der Waals surface area contributed by atoms with Gasteiger partial charge >= 0.3 is 31.1 Å². The zero-order chi connectivity index (χ0) is 19.2. The second-order valence-corrected chi connectivity index (χ2v) is 8.08. The first-order valence-corrected chi connectivity index (χ1v) is 9.11. The maximum Gasteiger partial charge on any atom is 0.512 e. The highest BCUT2D eigenvalue weighted by molar-refractivity contribution is 8.05. The second kappa shape index (κ2) is 8.32. The van der Waals surface area contributed by atoms with E-state index in [0.717, 1.165) is 13.1 Å². The van der Waals surface area contributed by atoms with E-state index in [4.69, 9.17) is 5.26 Å². The number of sulfonamides is 2. The van der Waals surface area contributed by atoms with Crippen molar-refractivity contribution in [2.75, 3.05) is 19.6 Å². The molecule has 15 heteroatoms. The summed E-state index contributed by atoms with van der Waals surface area (Å²) in [6.45, 7) is 2.89. The topological polar surface area (TPSA) is 107 Å². The van der Waals surface area contributed by atoms with E-state index < -0.39 is 35.2 Å². The highest BCUT2D eigenvalue weighted by Gasteiger charge is 2.55. The van der Waals surface area contributed by atoms with Gasteiger partial charge in [-0.2, -0.15) is 31.6 Å². The fourth-order valence-electron chi connectivity index (χ4n) is 1.46. The minimum Gasteiger partial charge on any atom is -0.291 e. The minimum absolute atomic E-state index is 0.493. The second-order valence-electron chi connectivity index (χ2n) is 4.48. The van der Waals surface area contributed by atoms with Crippen LogP contribution in [0.5, 0.6) is 0 Å². The molecule has 1 heterocycles. The molecule has 0 aromatic carbocycles. The Kier molecular flexibility index (Phi) is 7.93. The molecule has 1 saturated heterocycles. The van der Waals surface area contributed by atoms with E-state index in [1.807, 2.05) is 0 Å². The predicted molar refractivity (Wildman–Crippen MR) is 69.0 cm³/mol. The van der Waals surface area contributed by atoms with Crippen molar-refractivity contribution in [3.8, 4) is 6.07 Å². The Morgan fingerprint density at radius 1 is 0.875 bits per heavy atom. The van der Waals surface area contributed by atoms with Gasteiger partial charge in [0.15, 0.2) is 0 Å². The zero-order valence-electron chi connectivity index (χ0n) is 11.9. The number of alkyl halides is 6. The Bertz CT molecular complexity index is 602. The summed E-state index contributed by atoms with van der Waals surface area (Å²) in [4.78, 5) is 2.21. The number of hydrogen-bond acceptors (Lipinski definition) is 6. The molecular weight excluding hydrogens is 392 g/mol. The van der Waals surface area contributed by atoms with Crippen molar-refractivity contribution in [1.29, 1.82) is 5.26 Å². The Morgan fingerprint density at radius 2 is 1.25 bits per heavy atom. The molecule has 0 aliphatic carbocycles. The van der Waals surface area contributed by atoms with Crippen molar-refractivity contribution in [3.05, 3.63) is 0 Å². The number of nitriles is 1. The minimum atomic E-state index is -6.60. The third kappa shape index (κ3) is 7.20. The summed E-state index contributed by atoms with van der Waals surface area (Å²) in [5.74, 6) is 0. The van der Waals surface area contributed by atoms with Crippen LogP contribution in [0.3, 0.4) is 0 Å². The first-order chi connectivity index (χ1) is 10.6. The molecule has 0 unspecified atom stereocenters. The van der Waals surface area contributed by atoms with Gasteiger partial charge in [-0.1, -0.05) is 10.5 Å². The van der Waals surface area contributed by atoms with Crippen molar-refractivity contribution < 1.29 is 43.2 Å². The van der Waals surface area contributed by atoms with Crippen molar-refractivity contribution in [3.63, 3.8) is 0 Å². The first kappa shape index (κ1) is 22.9. The molecule has 24 heavy (non-hydrogen) atoms.